The number of piperidine rings is 1. The Hall–Kier alpha value is -2.15. The summed E-state index contributed by atoms with van der Waals surface area (Å²) in [4.78, 5) is 23.3. The van der Waals surface area contributed by atoms with Crippen LogP contribution in [0.2, 0.25) is 0 Å². The molecule has 7 heteroatoms. The van der Waals surface area contributed by atoms with E-state index in [1.165, 1.54) is 18.2 Å². The number of para-hydroxylation sites is 1. The first kappa shape index (κ1) is 13.3. The van der Waals surface area contributed by atoms with Crippen LogP contribution in [0.4, 0.5) is 10.1 Å². The van der Waals surface area contributed by atoms with E-state index in [2.05, 4.69) is 16.2 Å². The van der Waals surface area contributed by atoms with E-state index in [4.69, 9.17) is 0 Å². The number of amides is 2. The predicted octanol–water partition coefficient (Wildman–Crippen LogP) is -0.234. The fourth-order valence-electron chi connectivity index (χ4n) is 1.86. The molecule has 1 heterocycles. The second-order valence-electron chi connectivity index (χ2n) is 4.22. The van der Waals surface area contributed by atoms with Gasteiger partial charge in [-0.2, -0.15) is 0 Å². The van der Waals surface area contributed by atoms with Crippen molar-refractivity contribution in [2.75, 3.05) is 12.0 Å². The number of aliphatic hydroxyl groups is 1. The van der Waals surface area contributed by atoms with Gasteiger partial charge in [-0.15, -0.1) is 0 Å². The molecule has 1 aromatic carbocycles. The molecular formula is C12H14FN3O3. The van der Waals surface area contributed by atoms with E-state index in [0.29, 0.717) is 13.0 Å². The third-order valence-electron chi connectivity index (χ3n) is 2.88. The minimum absolute atomic E-state index is 0.0848. The van der Waals surface area contributed by atoms with E-state index in [1.807, 2.05) is 0 Å². The number of nitrogens with one attached hydrogen (secondary N) is 3. The first-order valence-electron chi connectivity index (χ1n) is 5.86. The van der Waals surface area contributed by atoms with Crippen molar-refractivity contribution in [3.8, 4) is 0 Å². The largest absolute Gasteiger partial charge is 0.392 e. The van der Waals surface area contributed by atoms with Crippen molar-refractivity contribution in [3.63, 3.8) is 0 Å². The number of hydrogen-bond acceptors (Lipinski definition) is 4. The molecule has 2 atom stereocenters. The highest BCUT2D eigenvalue weighted by atomic mass is 19.1. The minimum Gasteiger partial charge on any atom is -0.392 e. The lowest BCUT2D eigenvalue weighted by Gasteiger charge is -2.26. The highest BCUT2D eigenvalue weighted by molar-refractivity contribution is 6.01. The van der Waals surface area contributed by atoms with Gasteiger partial charge < -0.3 is 10.4 Å². The summed E-state index contributed by atoms with van der Waals surface area (Å²) in [6.07, 6.45) is -0.722. The summed E-state index contributed by atoms with van der Waals surface area (Å²) in [5.41, 5.74) is 4.69. The number of benzene rings is 1. The van der Waals surface area contributed by atoms with Gasteiger partial charge in [0.25, 0.3) is 5.91 Å². The molecule has 2 amide bonds. The van der Waals surface area contributed by atoms with Crippen molar-refractivity contribution in [2.24, 2.45) is 5.92 Å². The van der Waals surface area contributed by atoms with Crippen molar-refractivity contribution in [3.05, 3.63) is 30.1 Å². The number of anilines is 1. The quantitative estimate of drug-likeness (QED) is 0.449. The molecule has 102 valence electrons. The fourth-order valence-corrected chi connectivity index (χ4v) is 1.86. The number of halogens is 1. The number of hydrogen-bond donors (Lipinski definition) is 4. The lowest BCUT2D eigenvalue weighted by atomic mass is 9.95. The van der Waals surface area contributed by atoms with Gasteiger partial charge in [-0.25, -0.2) is 4.39 Å². The number of hydrazine groups is 1. The van der Waals surface area contributed by atoms with Crippen LogP contribution in [0.3, 0.4) is 0 Å². The Bertz CT molecular complexity index is 495. The lowest BCUT2D eigenvalue weighted by molar-refractivity contribution is -0.142. The van der Waals surface area contributed by atoms with Gasteiger partial charge in [-0.3, -0.25) is 20.4 Å². The lowest BCUT2D eigenvalue weighted by Crippen LogP contribution is -2.52. The molecule has 4 N–H and O–H groups in total. The second-order valence-corrected chi connectivity index (χ2v) is 4.22. The molecule has 1 aliphatic rings. The zero-order valence-corrected chi connectivity index (χ0v) is 10.0. The van der Waals surface area contributed by atoms with Gasteiger partial charge in [0.15, 0.2) is 0 Å². The molecule has 1 saturated heterocycles. The SMILES string of the molecule is O=C1NCCC(O)C1C(=O)NNc1ccccc1F. The molecule has 2 unspecified atom stereocenters. The van der Waals surface area contributed by atoms with Crippen LogP contribution in [0, 0.1) is 11.7 Å². The highest BCUT2D eigenvalue weighted by Gasteiger charge is 2.36. The van der Waals surface area contributed by atoms with E-state index in [9.17, 15) is 19.1 Å². The summed E-state index contributed by atoms with van der Waals surface area (Å²) >= 11 is 0. The molecule has 1 fully saturated rings. The van der Waals surface area contributed by atoms with Crippen LogP contribution in [0.5, 0.6) is 0 Å². The van der Waals surface area contributed by atoms with E-state index in [0.717, 1.165) is 0 Å². The summed E-state index contributed by atoms with van der Waals surface area (Å²) in [5.74, 6) is -2.95. The average Bonchev–Trinajstić information content (AvgIpc) is 2.37. The smallest absolute Gasteiger partial charge is 0.253 e. The van der Waals surface area contributed by atoms with Crippen LogP contribution < -0.4 is 16.2 Å². The number of carbonyl (C=O) groups excluding carboxylic acids is 2. The third kappa shape index (κ3) is 3.00. The predicted molar refractivity (Wildman–Crippen MR) is 65.3 cm³/mol. The Morgan fingerprint density at radius 1 is 1.42 bits per heavy atom. The monoisotopic (exact) mass is 267 g/mol. The summed E-state index contributed by atoms with van der Waals surface area (Å²) in [6, 6.07) is 5.78. The summed E-state index contributed by atoms with van der Waals surface area (Å²) in [7, 11) is 0. The molecule has 2 rings (SSSR count). The van der Waals surface area contributed by atoms with Gasteiger partial charge >= 0.3 is 0 Å². The molecule has 0 spiro atoms. The minimum atomic E-state index is -1.19. The first-order chi connectivity index (χ1) is 9.09. The molecule has 1 aromatic rings. The van der Waals surface area contributed by atoms with Crippen LogP contribution in [-0.2, 0) is 9.59 Å². The normalized spacial score (nSPS) is 22.5. The zero-order chi connectivity index (χ0) is 13.8. The van der Waals surface area contributed by atoms with E-state index >= 15 is 0 Å². The van der Waals surface area contributed by atoms with Crippen LogP contribution in [-0.4, -0.2) is 29.6 Å². The van der Waals surface area contributed by atoms with Crippen molar-refractivity contribution < 1.29 is 19.1 Å². The Labute approximate surface area is 109 Å². The van der Waals surface area contributed by atoms with Crippen molar-refractivity contribution in [1.82, 2.24) is 10.7 Å². The van der Waals surface area contributed by atoms with Gasteiger partial charge in [0, 0.05) is 6.54 Å². The van der Waals surface area contributed by atoms with Gasteiger partial charge in [-0.1, -0.05) is 12.1 Å². The Balaban J connectivity index is 1.97. The maximum absolute atomic E-state index is 13.3. The van der Waals surface area contributed by atoms with Crippen molar-refractivity contribution in [1.29, 1.82) is 0 Å². The molecule has 0 saturated carbocycles. The maximum Gasteiger partial charge on any atom is 0.253 e. The zero-order valence-electron chi connectivity index (χ0n) is 10.0. The standard InChI is InChI=1S/C12H14FN3O3/c13-7-3-1-2-4-8(7)15-16-12(19)10-9(17)5-6-14-11(10)18/h1-4,9-10,15,17H,5-6H2,(H,14,18)(H,16,19). The molecule has 6 nitrogen and oxygen atoms in total. The van der Waals surface area contributed by atoms with Crippen LogP contribution >= 0.6 is 0 Å². The molecule has 1 aliphatic heterocycles. The van der Waals surface area contributed by atoms with Crippen LogP contribution in [0.15, 0.2) is 24.3 Å². The van der Waals surface area contributed by atoms with Gasteiger partial charge in [0.2, 0.25) is 5.91 Å². The third-order valence-corrected chi connectivity index (χ3v) is 2.88. The van der Waals surface area contributed by atoms with E-state index < -0.39 is 29.7 Å². The summed E-state index contributed by atoms with van der Waals surface area (Å²) < 4.78 is 13.3. The molecule has 0 aromatic heterocycles. The maximum atomic E-state index is 13.3. The Morgan fingerprint density at radius 3 is 2.84 bits per heavy atom. The molecule has 19 heavy (non-hydrogen) atoms. The second kappa shape index (κ2) is 5.66. The molecule has 0 bridgehead atoms. The topological polar surface area (TPSA) is 90.5 Å². The van der Waals surface area contributed by atoms with Gasteiger partial charge in [0.1, 0.15) is 11.7 Å². The molecule has 0 aliphatic carbocycles. The number of carbonyl (C=O) groups is 2. The van der Waals surface area contributed by atoms with Gasteiger partial charge in [-0.05, 0) is 18.6 Å². The van der Waals surface area contributed by atoms with E-state index in [1.54, 1.807) is 6.07 Å². The summed E-state index contributed by atoms with van der Waals surface area (Å²) in [6.45, 7) is 0.338. The number of aliphatic hydroxyl groups excluding tert-OH is 1. The van der Waals surface area contributed by atoms with Crippen molar-refractivity contribution >= 4 is 17.5 Å². The Kier molecular flexibility index (Phi) is 3.96. The van der Waals surface area contributed by atoms with Crippen molar-refractivity contribution in [2.45, 2.75) is 12.5 Å². The average molecular weight is 267 g/mol. The molecular weight excluding hydrogens is 253 g/mol. The summed E-state index contributed by atoms with van der Waals surface area (Å²) in [5, 5.41) is 12.1. The van der Waals surface area contributed by atoms with Gasteiger partial charge in [0.05, 0.1) is 11.8 Å². The fraction of sp³-hybridized carbons (Fsp3) is 0.333. The van der Waals surface area contributed by atoms with Crippen LogP contribution in [0.1, 0.15) is 6.42 Å². The number of rotatable bonds is 3. The Morgan fingerprint density at radius 2 is 2.16 bits per heavy atom. The van der Waals surface area contributed by atoms with E-state index in [-0.39, 0.29) is 5.69 Å². The highest BCUT2D eigenvalue weighted by Crippen LogP contribution is 2.14. The first-order valence-corrected chi connectivity index (χ1v) is 5.86. The van der Waals surface area contributed by atoms with Crippen LogP contribution in [0.25, 0.3) is 0 Å². The molecule has 0 radical (unpaired) electrons.